The third kappa shape index (κ3) is 8.68. The Bertz CT molecular complexity index is 950. The summed E-state index contributed by atoms with van der Waals surface area (Å²) in [5.41, 5.74) is 2.96. The van der Waals surface area contributed by atoms with E-state index in [1.807, 2.05) is 6.07 Å². The van der Waals surface area contributed by atoms with E-state index in [4.69, 9.17) is 5.11 Å². The van der Waals surface area contributed by atoms with Crippen molar-refractivity contribution in [1.29, 1.82) is 0 Å². The summed E-state index contributed by atoms with van der Waals surface area (Å²) in [4.78, 5) is 4.90. The maximum Gasteiger partial charge on any atom is 0.243 e. The topological polar surface area (TPSA) is 94.0 Å². The molecule has 0 aromatic heterocycles. The molecular weight excluding hydrogens is 539 g/mol. The van der Waals surface area contributed by atoms with Crippen molar-refractivity contribution >= 4 is 40.0 Å². The summed E-state index contributed by atoms with van der Waals surface area (Å²) in [7, 11) is -2.22. The molecule has 0 unspecified atom stereocenters. The molecular formula is C23H35IN4O3S. The summed E-state index contributed by atoms with van der Waals surface area (Å²) >= 11 is 0. The molecule has 0 spiro atoms. The van der Waals surface area contributed by atoms with Gasteiger partial charge in [-0.3, -0.25) is 0 Å². The van der Waals surface area contributed by atoms with Crippen LogP contribution in [0.1, 0.15) is 36.5 Å². The molecule has 0 aliphatic heterocycles. The summed E-state index contributed by atoms with van der Waals surface area (Å²) in [6.45, 7) is 5.63. The summed E-state index contributed by atoms with van der Waals surface area (Å²) in [5, 5.41) is 15.7. The Balaban J connectivity index is 0.00000512. The van der Waals surface area contributed by atoms with Crippen molar-refractivity contribution in [2.45, 2.75) is 44.7 Å². The highest BCUT2D eigenvalue weighted by Crippen LogP contribution is 2.19. The Labute approximate surface area is 209 Å². The minimum Gasteiger partial charge on any atom is -0.395 e. The van der Waals surface area contributed by atoms with Crippen LogP contribution in [0.15, 0.2) is 58.4 Å². The van der Waals surface area contributed by atoms with Crippen LogP contribution >= 0.6 is 24.0 Å². The SMILES string of the molecule is CCCCNC(=NCc1ccc(C)cc1)NCc1ccccc1S(=O)(=O)N(C)CCO.I. The van der Waals surface area contributed by atoms with Gasteiger partial charge in [0.25, 0.3) is 0 Å². The Morgan fingerprint density at radius 3 is 2.44 bits per heavy atom. The van der Waals surface area contributed by atoms with Gasteiger partial charge in [-0.1, -0.05) is 61.4 Å². The second-order valence-corrected chi connectivity index (χ2v) is 9.46. The molecule has 32 heavy (non-hydrogen) atoms. The van der Waals surface area contributed by atoms with Crippen LogP contribution in [-0.4, -0.2) is 50.5 Å². The monoisotopic (exact) mass is 574 g/mol. The lowest BCUT2D eigenvalue weighted by atomic mass is 10.1. The first-order chi connectivity index (χ1) is 14.9. The molecule has 0 saturated heterocycles. The largest absolute Gasteiger partial charge is 0.395 e. The van der Waals surface area contributed by atoms with E-state index in [1.54, 1.807) is 18.2 Å². The van der Waals surface area contributed by atoms with Crippen LogP contribution in [0.25, 0.3) is 0 Å². The number of nitrogens with zero attached hydrogens (tertiary/aromatic N) is 2. The highest BCUT2D eigenvalue weighted by molar-refractivity contribution is 14.0. The lowest BCUT2D eigenvalue weighted by molar-refractivity contribution is 0.266. The predicted octanol–water partition coefficient (Wildman–Crippen LogP) is 3.26. The third-order valence-electron chi connectivity index (χ3n) is 4.89. The number of likely N-dealkylation sites (N-methyl/N-ethyl adjacent to an activating group) is 1. The molecule has 0 aliphatic carbocycles. The van der Waals surface area contributed by atoms with Gasteiger partial charge in [-0.25, -0.2) is 13.4 Å². The number of halogens is 1. The van der Waals surface area contributed by atoms with E-state index in [1.165, 1.54) is 12.6 Å². The molecule has 7 nitrogen and oxygen atoms in total. The first kappa shape index (κ1) is 28.3. The summed E-state index contributed by atoms with van der Waals surface area (Å²) in [5.74, 6) is 0.643. The van der Waals surface area contributed by atoms with Gasteiger partial charge in [0.1, 0.15) is 0 Å². The van der Waals surface area contributed by atoms with Crippen molar-refractivity contribution in [3.63, 3.8) is 0 Å². The molecule has 2 rings (SSSR count). The first-order valence-corrected chi connectivity index (χ1v) is 12.0. The minimum absolute atomic E-state index is 0. The van der Waals surface area contributed by atoms with Crippen molar-refractivity contribution in [3.05, 3.63) is 65.2 Å². The zero-order valence-corrected chi connectivity index (χ0v) is 22.2. The van der Waals surface area contributed by atoms with Crippen LogP contribution in [0.2, 0.25) is 0 Å². The molecule has 2 aromatic rings. The molecule has 2 aromatic carbocycles. The van der Waals surface area contributed by atoms with Crippen LogP contribution < -0.4 is 10.6 Å². The average molecular weight is 575 g/mol. The third-order valence-corrected chi connectivity index (χ3v) is 6.84. The van der Waals surface area contributed by atoms with Crippen molar-refractivity contribution in [2.75, 3.05) is 26.7 Å². The van der Waals surface area contributed by atoms with Crippen molar-refractivity contribution in [1.82, 2.24) is 14.9 Å². The smallest absolute Gasteiger partial charge is 0.243 e. The quantitative estimate of drug-likeness (QED) is 0.166. The normalized spacial score (nSPS) is 11.8. The molecule has 0 bridgehead atoms. The van der Waals surface area contributed by atoms with Gasteiger partial charge < -0.3 is 15.7 Å². The van der Waals surface area contributed by atoms with E-state index in [0.717, 1.165) is 29.3 Å². The van der Waals surface area contributed by atoms with Crippen molar-refractivity contribution < 1.29 is 13.5 Å². The standard InChI is InChI=1S/C23H34N4O3S.HI/c1-4-5-14-24-23(25-17-20-12-10-19(2)11-13-20)26-18-21-8-6-7-9-22(21)31(29,30)27(3)15-16-28;/h6-13,28H,4-5,14-18H2,1-3H3,(H2,24,25,26);1H. The molecule has 0 fully saturated rings. The molecule has 0 atom stereocenters. The number of benzene rings is 2. The zero-order chi connectivity index (χ0) is 22.7. The number of aliphatic hydroxyl groups excluding tert-OH is 1. The van der Waals surface area contributed by atoms with Gasteiger partial charge >= 0.3 is 0 Å². The van der Waals surface area contributed by atoms with Gasteiger partial charge in [-0.05, 0) is 30.5 Å². The highest BCUT2D eigenvalue weighted by Gasteiger charge is 2.23. The van der Waals surface area contributed by atoms with Crippen LogP contribution in [-0.2, 0) is 23.1 Å². The van der Waals surface area contributed by atoms with E-state index in [0.29, 0.717) is 24.6 Å². The Hall–Kier alpha value is -1.69. The molecule has 3 N–H and O–H groups in total. The molecule has 0 heterocycles. The maximum absolute atomic E-state index is 12.9. The number of aliphatic imine (C=N–C) groups is 1. The maximum atomic E-state index is 12.9. The van der Waals surface area contributed by atoms with Crippen molar-refractivity contribution in [3.8, 4) is 0 Å². The number of rotatable bonds is 11. The molecule has 0 amide bonds. The Morgan fingerprint density at radius 1 is 1.09 bits per heavy atom. The number of unbranched alkanes of at least 4 members (excludes halogenated alkanes) is 1. The van der Waals surface area contributed by atoms with E-state index in [2.05, 4.69) is 53.7 Å². The zero-order valence-electron chi connectivity index (χ0n) is 19.0. The fourth-order valence-corrected chi connectivity index (χ4v) is 4.31. The van der Waals surface area contributed by atoms with Gasteiger partial charge in [0.05, 0.1) is 18.0 Å². The van der Waals surface area contributed by atoms with Crippen molar-refractivity contribution in [2.24, 2.45) is 4.99 Å². The van der Waals surface area contributed by atoms with E-state index < -0.39 is 10.0 Å². The van der Waals surface area contributed by atoms with Crippen LogP contribution in [0.3, 0.4) is 0 Å². The Morgan fingerprint density at radius 2 is 1.78 bits per heavy atom. The number of aryl methyl sites for hydroxylation is 1. The molecule has 0 aliphatic rings. The lowest BCUT2D eigenvalue weighted by Crippen LogP contribution is -2.38. The Kier molecular flexibility index (Phi) is 12.8. The fraction of sp³-hybridized carbons (Fsp3) is 0.435. The number of nitrogens with one attached hydrogen (secondary N) is 2. The summed E-state index contributed by atoms with van der Waals surface area (Å²) in [6, 6.07) is 15.1. The average Bonchev–Trinajstić information content (AvgIpc) is 2.76. The molecule has 0 saturated carbocycles. The van der Waals surface area contributed by atoms with Crippen LogP contribution in [0.4, 0.5) is 0 Å². The van der Waals surface area contributed by atoms with Gasteiger partial charge in [0.2, 0.25) is 10.0 Å². The number of aliphatic hydroxyl groups is 1. The minimum atomic E-state index is -3.69. The number of sulfonamides is 1. The molecule has 0 radical (unpaired) electrons. The summed E-state index contributed by atoms with van der Waals surface area (Å²) < 4.78 is 26.9. The molecule has 178 valence electrons. The van der Waals surface area contributed by atoms with Gasteiger partial charge in [0, 0.05) is 26.7 Å². The lowest BCUT2D eigenvalue weighted by Gasteiger charge is -2.19. The van der Waals surface area contributed by atoms with E-state index in [-0.39, 0.29) is 42.0 Å². The van der Waals surface area contributed by atoms with E-state index in [9.17, 15) is 8.42 Å². The summed E-state index contributed by atoms with van der Waals surface area (Å²) in [6.07, 6.45) is 2.08. The predicted molar refractivity (Wildman–Crippen MR) is 141 cm³/mol. The van der Waals surface area contributed by atoms with E-state index >= 15 is 0 Å². The van der Waals surface area contributed by atoms with Gasteiger partial charge in [-0.2, -0.15) is 4.31 Å². The number of hydrogen-bond donors (Lipinski definition) is 3. The highest BCUT2D eigenvalue weighted by atomic mass is 127. The number of hydrogen-bond acceptors (Lipinski definition) is 4. The van der Waals surface area contributed by atoms with Gasteiger partial charge in [0.15, 0.2) is 5.96 Å². The second-order valence-electron chi connectivity index (χ2n) is 7.44. The molecule has 9 heteroatoms. The van der Waals surface area contributed by atoms with Gasteiger partial charge in [-0.15, -0.1) is 24.0 Å². The first-order valence-electron chi connectivity index (χ1n) is 10.6. The fourth-order valence-electron chi connectivity index (χ4n) is 2.93. The van der Waals surface area contributed by atoms with Crippen LogP contribution in [0, 0.1) is 6.92 Å². The number of guanidine groups is 1. The van der Waals surface area contributed by atoms with Crippen LogP contribution in [0.5, 0.6) is 0 Å². The second kappa shape index (κ2) is 14.5.